The first kappa shape index (κ1) is 56.1. The van der Waals surface area contributed by atoms with Gasteiger partial charge in [-0.25, -0.2) is 0 Å². The minimum atomic E-state index is -1.89. The van der Waals surface area contributed by atoms with E-state index in [0.717, 1.165) is 51.2 Å². The highest BCUT2D eigenvalue weighted by atomic mass is 16.8. The number of ether oxygens (including phenoxy) is 9. The van der Waals surface area contributed by atoms with Gasteiger partial charge in [0.2, 0.25) is 0 Å². The van der Waals surface area contributed by atoms with Gasteiger partial charge in [0.25, 0.3) is 0 Å². The SMILES string of the molecule is CC1(C)[C@@H](O[C@@H]2OC[C@H](O[C@@H]3O[C@H](CO)[C@@H](O)[C@H](O)[C@H]3O[C@@H]3OC[C@H](O)[C@H](O)[C@H]3O)[C@H](O)[C@H]2O[C@@H]2O[C@H](CO)[C@@H](O)[C@H](O)[C@H]2O)CC[C@]2(C)[C@H]3CC[C@]45OC[C@@]6(CC[C@](C)(C=O)C[C@H]64)[C@H](O)C[C@@]5(C)[C@]3(C)CC[C@@H]12. The molecule has 22 nitrogen and oxygen atoms in total. The summed E-state index contributed by atoms with van der Waals surface area (Å²) in [6.07, 6.45) is -22.1. The van der Waals surface area contributed by atoms with Crippen LogP contribution in [0.3, 0.4) is 0 Å². The molecule has 12 N–H and O–H groups in total. The maximum Gasteiger partial charge on any atom is 0.187 e. The van der Waals surface area contributed by atoms with Crippen molar-refractivity contribution in [2.45, 2.75) is 234 Å². The smallest absolute Gasteiger partial charge is 0.187 e. The van der Waals surface area contributed by atoms with Crippen molar-refractivity contribution < 1.29 is 109 Å². The van der Waals surface area contributed by atoms with Crippen LogP contribution in [-0.2, 0) is 47.4 Å². The van der Waals surface area contributed by atoms with Crippen molar-refractivity contribution in [1.82, 2.24) is 0 Å². The van der Waals surface area contributed by atoms with Crippen LogP contribution in [0.15, 0.2) is 0 Å². The zero-order valence-corrected chi connectivity index (χ0v) is 43.4. The topological polar surface area (TPSA) is 343 Å². The van der Waals surface area contributed by atoms with E-state index in [-0.39, 0.29) is 39.4 Å². The van der Waals surface area contributed by atoms with Gasteiger partial charge in [0, 0.05) is 16.2 Å². The van der Waals surface area contributed by atoms with Crippen molar-refractivity contribution >= 4 is 6.29 Å². The van der Waals surface area contributed by atoms with Crippen LogP contribution in [0, 0.1) is 50.2 Å². The molecule has 0 aromatic heterocycles. The molecule has 0 aromatic rings. The summed E-state index contributed by atoms with van der Waals surface area (Å²) in [6, 6.07) is 0. The number of fused-ring (bicyclic) bond motifs is 4. The highest BCUT2D eigenvalue weighted by Gasteiger charge is 2.80. The lowest BCUT2D eigenvalue weighted by Gasteiger charge is -2.75. The molecule has 424 valence electrons. The van der Waals surface area contributed by atoms with Crippen molar-refractivity contribution in [3.63, 3.8) is 0 Å². The molecule has 74 heavy (non-hydrogen) atoms. The van der Waals surface area contributed by atoms with Crippen LogP contribution in [0.25, 0.3) is 0 Å². The third kappa shape index (κ3) is 8.31. The van der Waals surface area contributed by atoms with Crippen LogP contribution in [0.2, 0.25) is 0 Å². The van der Waals surface area contributed by atoms with E-state index in [1.807, 2.05) is 0 Å². The van der Waals surface area contributed by atoms with Crippen LogP contribution in [-0.4, -0.2) is 229 Å². The van der Waals surface area contributed by atoms with Gasteiger partial charge in [-0.1, -0.05) is 41.5 Å². The van der Waals surface area contributed by atoms with Gasteiger partial charge in [0.1, 0.15) is 91.7 Å². The Morgan fingerprint density at radius 1 is 0.554 bits per heavy atom. The number of carbonyl (C=O) groups is 1. The lowest BCUT2D eigenvalue weighted by molar-refractivity contribution is -0.392. The van der Waals surface area contributed by atoms with Gasteiger partial charge in [-0.2, -0.15) is 0 Å². The quantitative estimate of drug-likeness (QED) is 0.0795. The Bertz CT molecular complexity index is 2020. The fourth-order valence-electron chi connectivity index (χ4n) is 17.4. The molecule has 0 aromatic carbocycles. The van der Waals surface area contributed by atoms with Crippen molar-refractivity contribution in [3.05, 3.63) is 0 Å². The molecule has 1 spiro atoms. The predicted octanol–water partition coefficient (Wildman–Crippen LogP) is -1.89. The molecule has 22 heteroatoms. The number of aliphatic hydroxyl groups excluding tert-OH is 12. The van der Waals surface area contributed by atoms with Gasteiger partial charge in [-0.15, -0.1) is 0 Å². The summed E-state index contributed by atoms with van der Waals surface area (Å²) in [4.78, 5) is 12.6. The Morgan fingerprint density at radius 3 is 1.86 bits per heavy atom. The number of aldehydes is 1. The molecule has 2 bridgehead atoms. The molecule has 10 fully saturated rings. The second-order valence-electron chi connectivity index (χ2n) is 25.8. The molecule has 10 aliphatic rings. The molecule has 5 aliphatic heterocycles. The summed E-state index contributed by atoms with van der Waals surface area (Å²) in [5, 5.41) is 130. The Balaban J connectivity index is 0.901. The maximum atomic E-state index is 12.6. The largest absolute Gasteiger partial charge is 0.394 e. The fourth-order valence-corrected chi connectivity index (χ4v) is 17.4. The van der Waals surface area contributed by atoms with E-state index in [1.165, 1.54) is 0 Å². The van der Waals surface area contributed by atoms with Crippen molar-refractivity contribution in [2.75, 3.05) is 33.0 Å². The molecule has 0 unspecified atom stereocenters. The molecule has 0 amide bonds. The minimum absolute atomic E-state index is 0.0727. The van der Waals surface area contributed by atoms with Crippen molar-refractivity contribution in [2.24, 2.45) is 50.2 Å². The molecule has 5 saturated heterocycles. The Hall–Kier alpha value is -1.17. The van der Waals surface area contributed by atoms with E-state index in [2.05, 4.69) is 41.5 Å². The summed E-state index contributed by atoms with van der Waals surface area (Å²) in [5.41, 5.74) is -2.57. The maximum absolute atomic E-state index is 12.6. The van der Waals surface area contributed by atoms with E-state index in [4.69, 9.17) is 42.6 Å². The number of hydrogen-bond donors (Lipinski definition) is 12. The monoisotopic (exact) mass is 1060 g/mol. The summed E-state index contributed by atoms with van der Waals surface area (Å²) >= 11 is 0. The molecule has 0 radical (unpaired) electrons. The molecule has 29 atom stereocenters. The lowest BCUT2D eigenvalue weighted by atomic mass is 9.30. The summed E-state index contributed by atoms with van der Waals surface area (Å²) in [5.74, 6) is 0.456. The number of carbonyl (C=O) groups excluding carboxylic acids is 1. The van der Waals surface area contributed by atoms with Crippen LogP contribution in [0.4, 0.5) is 0 Å². The van der Waals surface area contributed by atoms with E-state index in [0.29, 0.717) is 25.9 Å². The van der Waals surface area contributed by atoms with Gasteiger partial charge in [-0.3, -0.25) is 0 Å². The summed E-state index contributed by atoms with van der Waals surface area (Å²) < 4.78 is 55.9. The Labute approximate surface area is 431 Å². The second-order valence-corrected chi connectivity index (χ2v) is 25.8. The lowest BCUT2D eigenvalue weighted by Crippen LogP contribution is -2.74. The third-order valence-electron chi connectivity index (χ3n) is 22.0. The second kappa shape index (κ2) is 19.8. The fraction of sp³-hybridized carbons (Fsp3) is 0.981. The van der Waals surface area contributed by atoms with E-state index in [9.17, 15) is 66.1 Å². The van der Waals surface area contributed by atoms with Crippen LogP contribution >= 0.6 is 0 Å². The third-order valence-corrected chi connectivity index (χ3v) is 22.0. The normalized spacial score (nSPS) is 58.1. The first-order valence-electron chi connectivity index (χ1n) is 27.1. The number of aliphatic hydroxyl groups is 12. The Morgan fingerprint density at radius 2 is 1.18 bits per heavy atom. The average molecular weight is 1060 g/mol. The molecular formula is C52H84O22. The highest BCUT2D eigenvalue weighted by Crippen LogP contribution is 2.80. The van der Waals surface area contributed by atoms with Crippen molar-refractivity contribution in [3.8, 4) is 0 Å². The van der Waals surface area contributed by atoms with Gasteiger partial charge in [-0.05, 0) is 98.2 Å². The van der Waals surface area contributed by atoms with Gasteiger partial charge in [0.15, 0.2) is 25.2 Å². The molecule has 5 aliphatic carbocycles. The van der Waals surface area contributed by atoms with Gasteiger partial charge < -0.3 is 109 Å². The zero-order chi connectivity index (χ0) is 53.5. The Kier molecular flexibility index (Phi) is 15.0. The van der Waals surface area contributed by atoms with Crippen LogP contribution < -0.4 is 0 Å². The number of hydrogen-bond acceptors (Lipinski definition) is 22. The van der Waals surface area contributed by atoms with Gasteiger partial charge in [0.05, 0.1) is 50.8 Å². The summed E-state index contributed by atoms with van der Waals surface area (Å²) in [7, 11) is 0. The number of rotatable bonds is 11. The van der Waals surface area contributed by atoms with Gasteiger partial charge >= 0.3 is 0 Å². The molecule has 10 rings (SSSR count). The molecular weight excluding hydrogens is 977 g/mol. The van der Waals surface area contributed by atoms with E-state index >= 15 is 0 Å². The molecule has 5 saturated carbocycles. The zero-order valence-electron chi connectivity index (χ0n) is 43.4. The standard InChI is InChI=1S/C52H84O22/c1-46(2)27-7-11-49(5)28(8-12-52-29-15-47(3,21-55)13-14-51(29,22-68-52)30(57)16-50(49,52)6)48(27,4)10-9-31(46)72-44-40(74-43-39(65)36(62)33(59)24(17-53)69-43)35(61)26(20-67-44)71-45-41(37(63)34(60)25(18-54)70-45)73-42-38(64)32(58)23(56)19-66-42/h21,23-45,53-54,56-65H,7-20,22H2,1-6H3/t23-,24+,25+,26-,27-,28+,29+,30+,31-,32-,33+,34+,35-,36-,37-,38+,39+,40+,41+,42-,43-,44-,45-,47-,48-,49+,50-,51+,52-/m0/s1. The average Bonchev–Trinajstić information content (AvgIpc) is 3.65. The van der Waals surface area contributed by atoms with Crippen molar-refractivity contribution in [1.29, 1.82) is 0 Å². The van der Waals surface area contributed by atoms with Crippen LogP contribution in [0.1, 0.15) is 106 Å². The molecule has 5 heterocycles. The van der Waals surface area contributed by atoms with E-state index < -0.39 is 166 Å². The highest BCUT2D eigenvalue weighted by molar-refractivity contribution is 5.59. The minimum Gasteiger partial charge on any atom is -0.394 e. The first-order valence-corrected chi connectivity index (χ1v) is 27.1. The van der Waals surface area contributed by atoms with Crippen LogP contribution in [0.5, 0.6) is 0 Å². The first-order chi connectivity index (χ1) is 34.8. The summed E-state index contributed by atoms with van der Waals surface area (Å²) in [6.45, 7) is 11.7. The van der Waals surface area contributed by atoms with E-state index in [1.54, 1.807) is 0 Å². The predicted molar refractivity (Wildman–Crippen MR) is 251 cm³/mol.